The average molecular weight is 337 g/mol. The lowest BCUT2D eigenvalue weighted by Crippen LogP contribution is -2.11. The first-order valence-corrected chi connectivity index (χ1v) is 8.90. The SMILES string of the molecule is CCNc1c(S(C)(=O)=O)ccc(C(=O)c2cnn(C)c2O)c1C. The largest absolute Gasteiger partial charge is 0.493 e. The van der Waals surface area contributed by atoms with Gasteiger partial charge in [-0.25, -0.2) is 13.1 Å². The number of nitrogens with one attached hydrogen (secondary N) is 1. The predicted molar refractivity (Wildman–Crippen MR) is 86.8 cm³/mol. The zero-order valence-corrected chi connectivity index (χ0v) is 14.2. The van der Waals surface area contributed by atoms with Gasteiger partial charge in [0.25, 0.3) is 0 Å². The van der Waals surface area contributed by atoms with E-state index in [0.29, 0.717) is 23.4 Å². The minimum atomic E-state index is -3.43. The molecule has 0 aliphatic heterocycles. The van der Waals surface area contributed by atoms with Gasteiger partial charge in [-0.15, -0.1) is 0 Å². The number of ketones is 1. The molecule has 0 radical (unpaired) electrons. The molecule has 0 amide bonds. The smallest absolute Gasteiger partial charge is 0.220 e. The van der Waals surface area contributed by atoms with Crippen molar-refractivity contribution in [2.75, 3.05) is 18.1 Å². The first-order chi connectivity index (χ1) is 10.7. The van der Waals surface area contributed by atoms with E-state index in [2.05, 4.69) is 10.4 Å². The van der Waals surface area contributed by atoms with Gasteiger partial charge in [0.2, 0.25) is 5.88 Å². The van der Waals surface area contributed by atoms with Crippen LogP contribution in [0, 0.1) is 6.92 Å². The zero-order valence-electron chi connectivity index (χ0n) is 13.4. The van der Waals surface area contributed by atoms with Crippen molar-refractivity contribution in [1.29, 1.82) is 0 Å². The highest BCUT2D eigenvalue weighted by molar-refractivity contribution is 7.90. The van der Waals surface area contributed by atoms with E-state index in [0.717, 1.165) is 6.26 Å². The van der Waals surface area contributed by atoms with Gasteiger partial charge in [-0.05, 0) is 31.5 Å². The van der Waals surface area contributed by atoms with Crippen LogP contribution in [0.15, 0.2) is 23.2 Å². The maximum Gasteiger partial charge on any atom is 0.220 e. The number of carbonyl (C=O) groups excluding carboxylic acids is 1. The Labute approximate surface area is 134 Å². The summed E-state index contributed by atoms with van der Waals surface area (Å²) in [6.07, 6.45) is 2.41. The van der Waals surface area contributed by atoms with Crippen molar-refractivity contribution in [2.24, 2.45) is 7.05 Å². The summed E-state index contributed by atoms with van der Waals surface area (Å²) >= 11 is 0. The van der Waals surface area contributed by atoms with E-state index in [9.17, 15) is 18.3 Å². The summed E-state index contributed by atoms with van der Waals surface area (Å²) in [5, 5.41) is 16.7. The van der Waals surface area contributed by atoms with E-state index < -0.39 is 15.6 Å². The quantitative estimate of drug-likeness (QED) is 0.802. The van der Waals surface area contributed by atoms with E-state index in [4.69, 9.17) is 0 Å². The Bertz CT molecular complexity index is 869. The van der Waals surface area contributed by atoms with Crippen molar-refractivity contribution in [3.05, 3.63) is 35.0 Å². The summed E-state index contributed by atoms with van der Waals surface area (Å²) in [5.74, 6) is -0.640. The summed E-state index contributed by atoms with van der Waals surface area (Å²) in [4.78, 5) is 12.8. The molecule has 0 aliphatic rings. The van der Waals surface area contributed by atoms with Crippen LogP contribution >= 0.6 is 0 Å². The summed E-state index contributed by atoms with van der Waals surface area (Å²) < 4.78 is 25.0. The second-order valence-corrected chi connectivity index (χ2v) is 7.23. The minimum Gasteiger partial charge on any atom is -0.493 e. The Morgan fingerprint density at radius 2 is 2.00 bits per heavy atom. The third-order valence-electron chi connectivity index (χ3n) is 3.58. The summed E-state index contributed by atoms with van der Waals surface area (Å²) in [6, 6.07) is 2.86. The molecular formula is C15H19N3O4S. The number of benzene rings is 1. The van der Waals surface area contributed by atoms with Crippen LogP contribution < -0.4 is 5.32 Å². The molecule has 0 aliphatic carbocycles. The van der Waals surface area contributed by atoms with Crippen LogP contribution in [-0.4, -0.2) is 41.9 Å². The van der Waals surface area contributed by atoms with Crippen molar-refractivity contribution in [2.45, 2.75) is 18.7 Å². The fraction of sp³-hybridized carbons (Fsp3) is 0.333. The lowest BCUT2D eigenvalue weighted by Gasteiger charge is -2.15. The molecule has 0 unspecified atom stereocenters. The Balaban J connectivity index is 2.63. The van der Waals surface area contributed by atoms with Crippen LogP contribution in [0.25, 0.3) is 0 Å². The van der Waals surface area contributed by atoms with Crippen molar-refractivity contribution in [1.82, 2.24) is 9.78 Å². The monoisotopic (exact) mass is 337 g/mol. The second-order valence-electron chi connectivity index (χ2n) is 5.25. The molecule has 0 spiro atoms. The van der Waals surface area contributed by atoms with Crippen molar-refractivity contribution < 1.29 is 18.3 Å². The van der Waals surface area contributed by atoms with Gasteiger partial charge in [0.1, 0.15) is 5.56 Å². The molecule has 0 atom stereocenters. The molecule has 23 heavy (non-hydrogen) atoms. The highest BCUT2D eigenvalue weighted by Gasteiger charge is 2.23. The lowest BCUT2D eigenvalue weighted by molar-refractivity contribution is 0.103. The van der Waals surface area contributed by atoms with Crippen molar-refractivity contribution >= 4 is 21.3 Å². The number of carbonyl (C=O) groups is 1. The Kier molecular flexibility index (Phi) is 4.46. The second kappa shape index (κ2) is 6.04. The molecule has 8 heteroatoms. The molecule has 2 rings (SSSR count). The van der Waals surface area contributed by atoms with Gasteiger partial charge in [0, 0.05) is 25.4 Å². The molecule has 0 bridgehead atoms. The zero-order chi connectivity index (χ0) is 17.4. The number of nitrogens with zero attached hydrogens (tertiary/aromatic N) is 2. The van der Waals surface area contributed by atoms with Crippen LogP contribution in [0.3, 0.4) is 0 Å². The molecule has 1 aromatic heterocycles. The topological polar surface area (TPSA) is 101 Å². The van der Waals surface area contributed by atoms with Gasteiger partial charge < -0.3 is 10.4 Å². The maximum atomic E-state index is 12.6. The number of anilines is 1. The molecule has 7 nitrogen and oxygen atoms in total. The molecular weight excluding hydrogens is 318 g/mol. The number of aromatic nitrogens is 2. The van der Waals surface area contributed by atoms with Gasteiger partial charge >= 0.3 is 0 Å². The summed E-state index contributed by atoms with van der Waals surface area (Å²) in [7, 11) is -1.91. The van der Waals surface area contributed by atoms with Gasteiger partial charge in [0.05, 0.1) is 16.8 Å². The van der Waals surface area contributed by atoms with Gasteiger partial charge in [0.15, 0.2) is 15.6 Å². The third-order valence-corrected chi connectivity index (χ3v) is 4.72. The average Bonchev–Trinajstić information content (AvgIpc) is 2.79. The highest BCUT2D eigenvalue weighted by atomic mass is 32.2. The van der Waals surface area contributed by atoms with E-state index in [1.807, 2.05) is 6.92 Å². The number of sulfone groups is 1. The lowest BCUT2D eigenvalue weighted by atomic mass is 9.99. The van der Waals surface area contributed by atoms with Gasteiger partial charge in [-0.3, -0.25) is 4.79 Å². The van der Waals surface area contributed by atoms with Crippen molar-refractivity contribution in [3.8, 4) is 5.88 Å². The van der Waals surface area contributed by atoms with E-state index in [1.54, 1.807) is 6.92 Å². The molecule has 0 saturated carbocycles. The Morgan fingerprint density at radius 1 is 1.35 bits per heavy atom. The first kappa shape index (κ1) is 17.0. The predicted octanol–water partition coefficient (Wildman–Crippen LogP) is 1.50. The Morgan fingerprint density at radius 3 is 2.48 bits per heavy atom. The van der Waals surface area contributed by atoms with Gasteiger partial charge in [-0.1, -0.05) is 0 Å². The number of hydrogen-bond acceptors (Lipinski definition) is 6. The summed E-state index contributed by atoms with van der Waals surface area (Å²) in [5.41, 5.74) is 1.31. The fourth-order valence-corrected chi connectivity index (χ4v) is 3.29. The molecule has 1 heterocycles. The maximum absolute atomic E-state index is 12.6. The van der Waals surface area contributed by atoms with Crippen LogP contribution in [-0.2, 0) is 16.9 Å². The third kappa shape index (κ3) is 3.07. The number of hydrogen-bond donors (Lipinski definition) is 2. The fourth-order valence-electron chi connectivity index (χ4n) is 2.37. The molecule has 1 aromatic carbocycles. The molecule has 124 valence electrons. The number of aryl methyl sites for hydroxylation is 1. The number of rotatable bonds is 5. The molecule has 0 fully saturated rings. The van der Waals surface area contributed by atoms with Crippen LogP contribution in [0.4, 0.5) is 5.69 Å². The summed E-state index contributed by atoms with van der Waals surface area (Å²) in [6.45, 7) is 4.03. The standard InChI is InChI=1S/C15H19N3O4S/c1-5-16-13-9(2)10(6-7-12(13)23(4,21)22)14(19)11-8-17-18(3)15(11)20/h6-8,16,20H,5H2,1-4H3. The van der Waals surface area contributed by atoms with E-state index >= 15 is 0 Å². The first-order valence-electron chi connectivity index (χ1n) is 7.01. The highest BCUT2D eigenvalue weighted by Crippen LogP contribution is 2.30. The molecule has 2 N–H and O–H groups in total. The van der Waals surface area contributed by atoms with Crippen LogP contribution in [0.2, 0.25) is 0 Å². The number of aromatic hydroxyl groups is 1. The van der Waals surface area contributed by atoms with Crippen molar-refractivity contribution in [3.63, 3.8) is 0 Å². The Hall–Kier alpha value is -2.35. The minimum absolute atomic E-state index is 0.0742. The molecule has 2 aromatic rings. The van der Waals surface area contributed by atoms with Crippen LogP contribution in [0.1, 0.15) is 28.4 Å². The molecule has 0 saturated heterocycles. The van der Waals surface area contributed by atoms with Gasteiger partial charge in [-0.2, -0.15) is 5.10 Å². The van der Waals surface area contributed by atoms with E-state index in [-0.39, 0.29) is 16.3 Å². The van der Waals surface area contributed by atoms with E-state index in [1.165, 1.54) is 30.1 Å². The normalized spacial score (nSPS) is 11.5. The van der Waals surface area contributed by atoms with Crippen LogP contribution in [0.5, 0.6) is 5.88 Å².